The second-order valence-electron chi connectivity index (χ2n) is 4.99. The first-order valence-electron chi connectivity index (χ1n) is 6.73. The third kappa shape index (κ3) is 3.52. The van der Waals surface area contributed by atoms with E-state index >= 15 is 0 Å². The number of rotatable bonds is 5. The Morgan fingerprint density at radius 2 is 1.80 bits per heavy atom. The predicted molar refractivity (Wildman–Crippen MR) is 82.4 cm³/mol. The number of hydrogen-bond acceptors (Lipinski definition) is 3. The van der Waals surface area contributed by atoms with E-state index in [0.29, 0.717) is 6.54 Å². The molecule has 0 aliphatic rings. The molecule has 2 aromatic rings. The van der Waals surface area contributed by atoms with Gasteiger partial charge in [0.25, 0.3) is 0 Å². The highest BCUT2D eigenvalue weighted by Crippen LogP contribution is 2.20. The average Bonchev–Trinajstić information content (AvgIpc) is 2.48. The van der Waals surface area contributed by atoms with Crippen LogP contribution in [-0.4, -0.2) is 18.8 Å². The molecule has 20 heavy (non-hydrogen) atoms. The topological polar surface area (TPSA) is 41.5 Å². The minimum absolute atomic E-state index is 0.483. The Balaban J connectivity index is 2.00. The number of ether oxygens (including phenoxy) is 1. The summed E-state index contributed by atoms with van der Waals surface area (Å²) in [6.07, 6.45) is -0.541. The van der Waals surface area contributed by atoms with Crippen molar-refractivity contribution >= 4 is 5.69 Å². The molecule has 0 spiro atoms. The van der Waals surface area contributed by atoms with Gasteiger partial charge in [0.2, 0.25) is 0 Å². The third-order valence-corrected chi connectivity index (χ3v) is 3.38. The molecule has 0 saturated heterocycles. The predicted octanol–water partition coefficient (Wildman–Crippen LogP) is 3.46. The molecule has 1 atom stereocenters. The average molecular weight is 271 g/mol. The molecule has 0 bridgehead atoms. The monoisotopic (exact) mass is 271 g/mol. The summed E-state index contributed by atoms with van der Waals surface area (Å²) in [5.41, 5.74) is 4.33. The Hall–Kier alpha value is -2.00. The molecule has 0 amide bonds. The zero-order valence-corrected chi connectivity index (χ0v) is 12.2. The van der Waals surface area contributed by atoms with Crippen molar-refractivity contribution in [3.8, 4) is 5.75 Å². The zero-order valence-electron chi connectivity index (χ0n) is 12.2. The maximum absolute atomic E-state index is 10.2. The number of nitrogens with one attached hydrogen (secondary N) is 1. The lowest BCUT2D eigenvalue weighted by Crippen LogP contribution is -2.12. The van der Waals surface area contributed by atoms with Gasteiger partial charge in [-0.25, -0.2) is 0 Å². The number of hydrogen-bond donors (Lipinski definition) is 2. The molecule has 2 rings (SSSR count). The van der Waals surface area contributed by atoms with Crippen LogP contribution in [-0.2, 0) is 0 Å². The summed E-state index contributed by atoms with van der Waals surface area (Å²) < 4.78 is 5.11. The molecule has 0 fully saturated rings. The summed E-state index contributed by atoms with van der Waals surface area (Å²) in [5.74, 6) is 0.795. The molecule has 0 saturated carbocycles. The van der Waals surface area contributed by atoms with Crippen LogP contribution in [0, 0.1) is 13.8 Å². The summed E-state index contributed by atoms with van der Waals surface area (Å²) in [7, 11) is 1.63. The molecule has 3 nitrogen and oxygen atoms in total. The van der Waals surface area contributed by atoms with E-state index in [1.54, 1.807) is 7.11 Å². The van der Waals surface area contributed by atoms with Crippen LogP contribution in [0.4, 0.5) is 5.69 Å². The fourth-order valence-electron chi connectivity index (χ4n) is 2.08. The normalized spacial score (nSPS) is 12.0. The van der Waals surface area contributed by atoms with Crippen LogP contribution in [0.2, 0.25) is 0 Å². The number of benzene rings is 2. The van der Waals surface area contributed by atoms with Gasteiger partial charge in [-0.1, -0.05) is 24.3 Å². The largest absolute Gasteiger partial charge is 0.497 e. The van der Waals surface area contributed by atoms with Gasteiger partial charge in [0.1, 0.15) is 5.75 Å². The lowest BCUT2D eigenvalue weighted by Gasteiger charge is -2.15. The number of aliphatic hydroxyl groups excluding tert-OH is 1. The van der Waals surface area contributed by atoms with Gasteiger partial charge in [0.05, 0.1) is 13.2 Å². The Morgan fingerprint density at radius 1 is 1.10 bits per heavy atom. The van der Waals surface area contributed by atoms with E-state index in [-0.39, 0.29) is 0 Å². The van der Waals surface area contributed by atoms with E-state index < -0.39 is 6.10 Å². The highest BCUT2D eigenvalue weighted by atomic mass is 16.5. The van der Waals surface area contributed by atoms with Crippen LogP contribution in [0.3, 0.4) is 0 Å². The van der Waals surface area contributed by atoms with Crippen molar-refractivity contribution < 1.29 is 9.84 Å². The zero-order chi connectivity index (χ0) is 14.5. The molecular weight excluding hydrogens is 250 g/mol. The first kappa shape index (κ1) is 14.4. The number of anilines is 1. The minimum Gasteiger partial charge on any atom is -0.497 e. The van der Waals surface area contributed by atoms with Gasteiger partial charge in [0, 0.05) is 12.2 Å². The number of aliphatic hydroxyl groups is 1. The van der Waals surface area contributed by atoms with Gasteiger partial charge < -0.3 is 15.2 Å². The lowest BCUT2D eigenvalue weighted by molar-refractivity contribution is 0.191. The fourth-order valence-corrected chi connectivity index (χ4v) is 2.08. The Labute approximate surface area is 120 Å². The Bertz CT molecular complexity index is 564. The third-order valence-electron chi connectivity index (χ3n) is 3.38. The second kappa shape index (κ2) is 6.44. The molecule has 0 aliphatic carbocycles. The smallest absolute Gasteiger partial charge is 0.118 e. The molecule has 2 N–H and O–H groups in total. The van der Waals surface area contributed by atoms with Gasteiger partial charge in [-0.3, -0.25) is 0 Å². The standard InChI is InChI=1S/C17H21NO2/c1-12-4-5-13(2)16(10-12)18-11-17(19)14-6-8-15(20-3)9-7-14/h4-10,17-19H,11H2,1-3H3. The molecule has 0 aromatic heterocycles. The van der Waals surface area contributed by atoms with E-state index in [4.69, 9.17) is 4.74 Å². The summed E-state index contributed by atoms with van der Waals surface area (Å²) in [6.45, 7) is 4.60. The Morgan fingerprint density at radius 3 is 2.45 bits per heavy atom. The fraction of sp³-hybridized carbons (Fsp3) is 0.294. The molecule has 1 unspecified atom stereocenters. The van der Waals surface area contributed by atoms with E-state index in [0.717, 1.165) is 17.0 Å². The van der Waals surface area contributed by atoms with Gasteiger partial charge in [-0.2, -0.15) is 0 Å². The highest BCUT2D eigenvalue weighted by Gasteiger charge is 2.08. The second-order valence-corrected chi connectivity index (χ2v) is 4.99. The molecule has 3 heteroatoms. The first-order valence-corrected chi connectivity index (χ1v) is 6.73. The Kier molecular flexibility index (Phi) is 4.64. The summed E-state index contributed by atoms with van der Waals surface area (Å²) in [6, 6.07) is 13.7. The van der Waals surface area contributed by atoms with Crippen molar-refractivity contribution in [1.29, 1.82) is 0 Å². The highest BCUT2D eigenvalue weighted by molar-refractivity contribution is 5.52. The molecular formula is C17H21NO2. The van der Waals surface area contributed by atoms with E-state index in [9.17, 15) is 5.11 Å². The van der Waals surface area contributed by atoms with Gasteiger partial charge in [-0.15, -0.1) is 0 Å². The van der Waals surface area contributed by atoms with Crippen LogP contribution in [0.15, 0.2) is 42.5 Å². The number of aryl methyl sites for hydroxylation is 2. The van der Waals surface area contributed by atoms with E-state index in [1.165, 1.54) is 11.1 Å². The maximum atomic E-state index is 10.2. The van der Waals surface area contributed by atoms with E-state index in [1.807, 2.05) is 24.3 Å². The van der Waals surface area contributed by atoms with Gasteiger partial charge >= 0.3 is 0 Å². The molecule has 0 heterocycles. The van der Waals surface area contributed by atoms with Crippen molar-refractivity contribution in [2.24, 2.45) is 0 Å². The minimum atomic E-state index is -0.541. The molecule has 0 radical (unpaired) electrons. The van der Waals surface area contributed by atoms with Crippen LogP contribution >= 0.6 is 0 Å². The van der Waals surface area contributed by atoms with Gasteiger partial charge in [-0.05, 0) is 48.7 Å². The summed E-state index contributed by atoms with van der Waals surface area (Å²) in [5, 5.41) is 13.5. The van der Waals surface area contributed by atoms with Crippen LogP contribution in [0.5, 0.6) is 5.75 Å². The number of methoxy groups -OCH3 is 1. The summed E-state index contributed by atoms with van der Waals surface area (Å²) in [4.78, 5) is 0. The maximum Gasteiger partial charge on any atom is 0.118 e. The molecule has 2 aromatic carbocycles. The van der Waals surface area contributed by atoms with Crippen LogP contribution < -0.4 is 10.1 Å². The van der Waals surface area contributed by atoms with Crippen molar-refractivity contribution in [2.45, 2.75) is 20.0 Å². The lowest BCUT2D eigenvalue weighted by atomic mass is 10.1. The van der Waals surface area contributed by atoms with Crippen LogP contribution in [0.1, 0.15) is 22.8 Å². The van der Waals surface area contributed by atoms with Crippen molar-refractivity contribution in [3.63, 3.8) is 0 Å². The van der Waals surface area contributed by atoms with Crippen molar-refractivity contribution in [2.75, 3.05) is 19.0 Å². The van der Waals surface area contributed by atoms with Crippen LogP contribution in [0.25, 0.3) is 0 Å². The molecule has 0 aliphatic heterocycles. The van der Waals surface area contributed by atoms with Crippen molar-refractivity contribution in [3.05, 3.63) is 59.2 Å². The van der Waals surface area contributed by atoms with Gasteiger partial charge in [0.15, 0.2) is 0 Å². The SMILES string of the molecule is COc1ccc(C(O)CNc2cc(C)ccc2C)cc1. The summed E-state index contributed by atoms with van der Waals surface area (Å²) >= 11 is 0. The quantitative estimate of drug-likeness (QED) is 0.875. The first-order chi connectivity index (χ1) is 9.60. The molecule has 106 valence electrons. The van der Waals surface area contributed by atoms with Crippen molar-refractivity contribution in [1.82, 2.24) is 0 Å². The van der Waals surface area contributed by atoms with E-state index in [2.05, 4.69) is 37.4 Å².